The number of nitrogens with one attached hydrogen (secondary N) is 1. The minimum Gasteiger partial charge on any atom is -0.462 e. The van der Waals surface area contributed by atoms with E-state index >= 15 is 0 Å². The number of esters is 1. The van der Waals surface area contributed by atoms with Gasteiger partial charge < -0.3 is 15.8 Å². The van der Waals surface area contributed by atoms with Crippen molar-refractivity contribution in [3.8, 4) is 0 Å². The standard InChI is InChI=1S/C37H64N2O3/c1-25(2)10-9-11-26(3)31-15-16-32-30-14-13-28-24-29(19-21-36(28,5)33(30)20-22-37(31,32)6)42-35(41)18-17-34(40)39-27(4)12-7-8-23-38/h13,25-27,29-33H,7-12,14-24,38H2,1-6H3,(H,39,40)/p+1. The summed E-state index contributed by atoms with van der Waals surface area (Å²) < 4.78 is 5.96. The van der Waals surface area contributed by atoms with E-state index in [1.165, 1.54) is 51.4 Å². The van der Waals surface area contributed by atoms with Gasteiger partial charge in [0.15, 0.2) is 0 Å². The number of unbranched alkanes of at least 4 members (excludes halogenated alkanes) is 1. The molecule has 42 heavy (non-hydrogen) atoms. The van der Waals surface area contributed by atoms with Crippen molar-refractivity contribution in [2.75, 3.05) is 6.54 Å². The molecule has 4 aliphatic carbocycles. The quantitative estimate of drug-likeness (QED) is 0.125. The highest BCUT2D eigenvalue weighted by molar-refractivity contribution is 5.81. The minimum absolute atomic E-state index is 0.0329. The molecule has 4 rings (SSSR count). The van der Waals surface area contributed by atoms with E-state index in [9.17, 15) is 9.59 Å². The second-order valence-corrected chi connectivity index (χ2v) is 16.0. The average molecular weight is 586 g/mol. The third kappa shape index (κ3) is 7.64. The van der Waals surface area contributed by atoms with Crippen LogP contribution < -0.4 is 11.1 Å². The van der Waals surface area contributed by atoms with Crippen LogP contribution in [-0.2, 0) is 14.3 Å². The number of carbonyl (C=O) groups is 2. The maximum absolute atomic E-state index is 12.7. The molecule has 1 amide bonds. The van der Waals surface area contributed by atoms with Gasteiger partial charge in [0.25, 0.3) is 0 Å². The minimum atomic E-state index is -0.217. The van der Waals surface area contributed by atoms with Gasteiger partial charge in [-0.05, 0) is 117 Å². The van der Waals surface area contributed by atoms with Crippen LogP contribution in [0.4, 0.5) is 0 Å². The van der Waals surface area contributed by atoms with E-state index in [-0.39, 0.29) is 42.3 Å². The fraction of sp³-hybridized carbons (Fsp3) is 0.892. The number of hydrogen-bond acceptors (Lipinski definition) is 3. The lowest BCUT2D eigenvalue weighted by Gasteiger charge is -2.58. The summed E-state index contributed by atoms with van der Waals surface area (Å²) in [6, 6.07) is 0.143. The zero-order chi connectivity index (χ0) is 30.5. The lowest BCUT2D eigenvalue weighted by Crippen LogP contribution is -2.51. The smallest absolute Gasteiger partial charge is 0.306 e. The molecule has 240 valence electrons. The number of fused-ring (bicyclic) bond motifs is 5. The van der Waals surface area contributed by atoms with Crippen LogP contribution in [0.3, 0.4) is 0 Å². The van der Waals surface area contributed by atoms with E-state index in [0.717, 1.165) is 80.6 Å². The second kappa shape index (κ2) is 14.6. The van der Waals surface area contributed by atoms with Crippen LogP contribution in [0.1, 0.15) is 144 Å². The first-order valence-electron chi connectivity index (χ1n) is 18.0. The van der Waals surface area contributed by atoms with Gasteiger partial charge in [0.2, 0.25) is 5.91 Å². The molecule has 0 bridgehead atoms. The molecule has 4 aliphatic rings. The van der Waals surface area contributed by atoms with Crippen molar-refractivity contribution < 1.29 is 20.1 Å². The summed E-state index contributed by atoms with van der Waals surface area (Å²) in [5.41, 5.74) is 6.21. The molecule has 5 nitrogen and oxygen atoms in total. The molecule has 0 aromatic rings. The first kappa shape index (κ1) is 33.5. The average Bonchev–Trinajstić information content (AvgIpc) is 3.29. The van der Waals surface area contributed by atoms with Crippen LogP contribution >= 0.6 is 0 Å². The molecule has 3 saturated carbocycles. The van der Waals surface area contributed by atoms with Crippen LogP contribution in [0.25, 0.3) is 0 Å². The van der Waals surface area contributed by atoms with Gasteiger partial charge in [0.05, 0.1) is 13.0 Å². The number of rotatable bonds is 14. The predicted molar refractivity (Wildman–Crippen MR) is 171 cm³/mol. The maximum atomic E-state index is 12.7. The molecule has 0 radical (unpaired) electrons. The van der Waals surface area contributed by atoms with E-state index in [1.807, 2.05) is 6.92 Å². The van der Waals surface area contributed by atoms with Crippen molar-refractivity contribution in [1.29, 1.82) is 0 Å². The molecule has 5 heteroatoms. The number of quaternary nitrogens is 1. The Morgan fingerprint density at radius 1 is 0.952 bits per heavy atom. The topological polar surface area (TPSA) is 83.0 Å². The number of ether oxygens (including phenoxy) is 1. The summed E-state index contributed by atoms with van der Waals surface area (Å²) in [6.07, 6.45) is 20.0. The zero-order valence-electron chi connectivity index (χ0n) is 28.1. The number of hydrogen-bond donors (Lipinski definition) is 2. The molecule has 0 aromatic heterocycles. The van der Waals surface area contributed by atoms with Crippen molar-refractivity contribution in [2.24, 2.45) is 46.3 Å². The highest BCUT2D eigenvalue weighted by Gasteiger charge is 2.59. The van der Waals surface area contributed by atoms with E-state index in [4.69, 9.17) is 4.74 Å². The maximum Gasteiger partial charge on any atom is 0.306 e. The number of carbonyl (C=O) groups excluding carboxylic acids is 2. The highest BCUT2D eigenvalue weighted by Crippen LogP contribution is 2.67. The van der Waals surface area contributed by atoms with E-state index in [0.29, 0.717) is 5.41 Å². The normalized spacial score (nSPS) is 35.4. The van der Waals surface area contributed by atoms with Gasteiger partial charge in [0.1, 0.15) is 6.10 Å². The lowest BCUT2D eigenvalue weighted by molar-refractivity contribution is -0.368. The van der Waals surface area contributed by atoms with Crippen molar-refractivity contribution >= 4 is 11.9 Å². The molecule has 0 aromatic carbocycles. The molecular formula is C37H65N2O3+. The van der Waals surface area contributed by atoms with E-state index < -0.39 is 0 Å². The van der Waals surface area contributed by atoms with Crippen LogP contribution in [0.5, 0.6) is 0 Å². The summed E-state index contributed by atoms with van der Waals surface area (Å²) in [6.45, 7) is 15.5. The highest BCUT2D eigenvalue weighted by atomic mass is 16.5. The Balaban J connectivity index is 1.28. The van der Waals surface area contributed by atoms with Crippen LogP contribution in [0.2, 0.25) is 0 Å². The van der Waals surface area contributed by atoms with Crippen molar-refractivity contribution in [2.45, 2.75) is 156 Å². The summed E-state index contributed by atoms with van der Waals surface area (Å²) in [4.78, 5) is 25.0. The molecule has 0 heterocycles. The summed E-state index contributed by atoms with van der Waals surface area (Å²) >= 11 is 0. The fourth-order valence-corrected chi connectivity index (χ4v) is 10.3. The Bertz CT molecular complexity index is 945. The molecular weight excluding hydrogens is 520 g/mol. The SMILES string of the molecule is CC(C)CCCC(C)C1CCC2C3CC=C4CC(OC(=O)CCC(=O)NC(C)CCCC[NH3+])CCC4(C)C3CCC12C. The monoisotopic (exact) mass is 585 g/mol. The first-order valence-corrected chi connectivity index (χ1v) is 18.0. The third-order valence-corrected chi connectivity index (χ3v) is 12.7. The van der Waals surface area contributed by atoms with Crippen molar-refractivity contribution in [1.82, 2.24) is 5.32 Å². The molecule has 4 N–H and O–H groups in total. The molecule has 3 fully saturated rings. The largest absolute Gasteiger partial charge is 0.462 e. The predicted octanol–water partition coefficient (Wildman–Crippen LogP) is 7.64. The Morgan fingerprint density at radius 2 is 1.74 bits per heavy atom. The molecule has 9 atom stereocenters. The molecule has 0 saturated heterocycles. The van der Waals surface area contributed by atoms with Gasteiger partial charge in [-0.3, -0.25) is 9.59 Å². The van der Waals surface area contributed by atoms with Gasteiger partial charge in [-0.25, -0.2) is 0 Å². The zero-order valence-corrected chi connectivity index (χ0v) is 28.1. The van der Waals surface area contributed by atoms with Crippen molar-refractivity contribution in [3.05, 3.63) is 11.6 Å². The van der Waals surface area contributed by atoms with Crippen molar-refractivity contribution in [3.63, 3.8) is 0 Å². The van der Waals surface area contributed by atoms with E-state index in [1.54, 1.807) is 5.57 Å². The molecule has 9 unspecified atom stereocenters. The Hall–Kier alpha value is -1.36. The second-order valence-electron chi connectivity index (χ2n) is 16.0. The van der Waals surface area contributed by atoms with Crippen LogP contribution in [0, 0.1) is 46.3 Å². The fourth-order valence-electron chi connectivity index (χ4n) is 10.3. The van der Waals surface area contributed by atoms with Gasteiger partial charge in [-0.15, -0.1) is 0 Å². The van der Waals surface area contributed by atoms with Crippen LogP contribution in [-0.4, -0.2) is 30.6 Å². The van der Waals surface area contributed by atoms with E-state index in [2.05, 4.69) is 51.7 Å². The Morgan fingerprint density at radius 3 is 2.48 bits per heavy atom. The number of amides is 1. The summed E-state index contributed by atoms with van der Waals surface area (Å²) in [5, 5.41) is 3.03. The molecule has 0 spiro atoms. The Labute approximate surface area is 257 Å². The Kier molecular flexibility index (Phi) is 11.7. The van der Waals surface area contributed by atoms with Gasteiger partial charge >= 0.3 is 5.97 Å². The van der Waals surface area contributed by atoms with Crippen LogP contribution in [0.15, 0.2) is 11.6 Å². The number of allylic oxidation sites excluding steroid dienone is 1. The summed E-state index contributed by atoms with van der Waals surface area (Å²) in [5.74, 6) is 4.78. The third-order valence-electron chi connectivity index (χ3n) is 12.7. The summed E-state index contributed by atoms with van der Waals surface area (Å²) in [7, 11) is 0. The van der Waals surface area contributed by atoms with Gasteiger partial charge in [-0.1, -0.05) is 65.5 Å². The van der Waals surface area contributed by atoms with Gasteiger partial charge in [0, 0.05) is 18.9 Å². The van der Waals surface area contributed by atoms with Gasteiger partial charge in [-0.2, -0.15) is 0 Å². The lowest BCUT2D eigenvalue weighted by atomic mass is 9.47. The molecule has 0 aliphatic heterocycles. The first-order chi connectivity index (χ1) is 20.0.